The highest BCUT2D eigenvalue weighted by molar-refractivity contribution is 7.23. The van der Waals surface area contributed by atoms with Crippen molar-refractivity contribution in [3.8, 4) is 0 Å². The lowest BCUT2D eigenvalue weighted by molar-refractivity contribution is 1.30. The zero-order valence-corrected chi connectivity index (χ0v) is 36.1. The molecule has 0 saturated carbocycles. The van der Waals surface area contributed by atoms with Crippen LogP contribution in [0.3, 0.4) is 0 Å². The Labute approximate surface area is 375 Å². The summed E-state index contributed by atoms with van der Waals surface area (Å²) in [5.41, 5.74) is 9.98. The Balaban J connectivity index is 1.02. The smallest absolute Gasteiger partial charge is 0.101 e. The molecule has 300 valence electrons. The van der Waals surface area contributed by atoms with Crippen molar-refractivity contribution in [2.24, 2.45) is 0 Å². The summed E-state index contributed by atoms with van der Waals surface area (Å²) in [5.74, 6) is 0. The van der Waals surface area contributed by atoms with Crippen LogP contribution in [0, 0.1) is 0 Å². The molecule has 0 N–H and O–H groups in total. The van der Waals surface area contributed by atoms with Crippen molar-refractivity contribution in [1.29, 1.82) is 0 Å². The first-order valence-electron chi connectivity index (χ1n) is 21.0. The SMILES string of the molecule is C=Cc1ccc(N(c2cc3cc(N(c4ccccc4)c4ccc5sc(N(c6ccc(C=C)cc6)c6cccc7ccccc67)cc5c4)ccc3s2)c2cccc3ccccc23)cc1. The normalized spacial score (nSPS) is 11.3. The third-order valence-electron chi connectivity index (χ3n) is 11.7. The van der Waals surface area contributed by atoms with E-state index in [1.165, 1.54) is 41.7 Å². The molecule has 3 nitrogen and oxygen atoms in total. The summed E-state index contributed by atoms with van der Waals surface area (Å²) < 4.78 is 2.45. The number of nitrogens with zero attached hydrogens (tertiary/aromatic N) is 3. The summed E-state index contributed by atoms with van der Waals surface area (Å²) in [5, 5.41) is 9.52. The summed E-state index contributed by atoms with van der Waals surface area (Å²) in [6.45, 7) is 8.00. The van der Waals surface area contributed by atoms with Gasteiger partial charge in [-0.1, -0.05) is 141 Å². The minimum Gasteiger partial charge on any atom is -0.310 e. The highest BCUT2D eigenvalue weighted by Gasteiger charge is 2.22. The van der Waals surface area contributed by atoms with Gasteiger partial charge in [0, 0.05) is 48.6 Å². The molecular weight excluding hydrogens is 803 g/mol. The van der Waals surface area contributed by atoms with Gasteiger partial charge in [0.1, 0.15) is 10.0 Å². The number of hydrogen-bond acceptors (Lipinski definition) is 5. The molecule has 63 heavy (non-hydrogen) atoms. The zero-order chi connectivity index (χ0) is 42.3. The van der Waals surface area contributed by atoms with Gasteiger partial charge < -0.3 is 14.7 Å². The van der Waals surface area contributed by atoms with Crippen molar-refractivity contribution in [2.45, 2.75) is 0 Å². The predicted octanol–water partition coefficient (Wildman–Crippen LogP) is 18.1. The maximum absolute atomic E-state index is 4.00. The highest BCUT2D eigenvalue weighted by atomic mass is 32.1. The summed E-state index contributed by atoms with van der Waals surface area (Å²) in [7, 11) is 0. The second kappa shape index (κ2) is 16.3. The van der Waals surface area contributed by atoms with E-state index in [1.807, 2.05) is 34.8 Å². The standard InChI is InChI=1S/C58H41N3S2/c1-3-40-24-28-47(29-25-40)60(53-22-12-16-42-14-8-10-20-51(42)53)57-38-44-36-49(32-34-55(44)62-57)59(46-18-6-5-7-19-46)50-33-35-56-45(37-50)39-58(63-56)61(48-30-26-41(4-2)27-31-48)54-23-13-17-43-15-9-11-21-52(43)54/h3-39H,1-2H2. The van der Waals surface area contributed by atoms with Gasteiger partial charge in [0.2, 0.25) is 0 Å². The fraction of sp³-hybridized carbons (Fsp3) is 0. The fourth-order valence-electron chi connectivity index (χ4n) is 8.65. The molecule has 2 aromatic heterocycles. The van der Waals surface area contributed by atoms with E-state index in [4.69, 9.17) is 0 Å². The Bertz CT molecular complexity index is 3230. The van der Waals surface area contributed by atoms with Crippen LogP contribution in [0.2, 0.25) is 0 Å². The topological polar surface area (TPSA) is 9.72 Å². The Morgan fingerprint density at radius 2 is 0.714 bits per heavy atom. The minimum absolute atomic E-state index is 1.09. The van der Waals surface area contributed by atoms with Crippen LogP contribution < -0.4 is 14.7 Å². The molecule has 0 aliphatic heterocycles. The Kier molecular flexibility index (Phi) is 9.89. The summed E-state index contributed by atoms with van der Waals surface area (Å²) in [4.78, 5) is 7.17. The van der Waals surface area contributed by atoms with Gasteiger partial charge in [-0.05, 0) is 130 Å². The van der Waals surface area contributed by atoms with Crippen LogP contribution in [-0.4, -0.2) is 0 Å². The number of thiophene rings is 2. The van der Waals surface area contributed by atoms with Crippen LogP contribution in [0.15, 0.2) is 225 Å². The first-order valence-corrected chi connectivity index (χ1v) is 22.7. The third-order valence-corrected chi connectivity index (χ3v) is 13.9. The van der Waals surface area contributed by atoms with Gasteiger partial charge in [-0.15, -0.1) is 22.7 Å². The van der Waals surface area contributed by atoms with Crippen LogP contribution in [-0.2, 0) is 0 Å². The van der Waals surface area contributed by atoms with Crippen LogP contribution in [0.4, 0.5) is 49.8 Å². The van der Waals surface area contributed by atoms with Crippen molar-refractivity contribution >= 4 is 126 Å². The van der Waals surface area contributed by atoms with Gasteiger partial charge >= 0.3 is 0 Å². The maximum atomic E-state index is 4.00. The Morgan fingerprint density at radius 1 is 0.317 bits per heavy atom. The lowest BCUT2D eigenvalue weighted by Crippen LogP contribution is -2.09. The third kappa shape index (κ3) is 7.13. The molecule has 0 spiro atoms. The molecule has 11 rings (SSSR count). The summed E-state index contributed by atoms with van der Waals surface area (Å²) in [6.07, 6.45) is 3.79. The van der Waals surface area contributed by atoms with Gasteiger partial charge in [-0.2, -0.15) is 0 Å². The van der Waals surface area contributed by atoms with E-state index in [2.05, 4.69) is 240 Å². The number of fused-ring (bicyclic) bond motifs is 4. The number of para-hydroxylation sites is 1. The number of anilines is 9. The van der Waals surface area contributed by atoms with Crippen molar-refractivity contribution in [2.75, 3.05) is 14.7 Å². The molecule has 0 aliphatic rings. The van der Waals surface area contributed by atoms with E-state index in [-0.39, 0.29) is 0 Å². The molecule has 0 amide bonds. The van der Waals surface area contributed by atoms with E-state index in [0.717, 1.165) is 60.9 Å². The van der Waals surface area contributed by atoms with Gasteiger partial charge in [0.25, 0.3) is 0 Å². The van der Waals surface area contributed by atoms with Gasteiger partial charge in [0.15, 0.2) is 0 Å². The molecule has 0 unspecified atom stereocenters. The van der Waals surface area contributed by atoms with Crippen LogP contribution in [0.1, 0.15) is 11.1 Å². The second-order valence-corrected chi connectivity index (χ2v) is 17.7. The van der Waals surface area contributed by atoms with E-state index in [9.17, 15) is 0 Å². The molecular formula is C58H41N3S2. The molecule has 2 heterocycles. The summed E-state index contributed by atoms with van der Waals surface area (Å²) >= 11 is 3.62. The lowest BCUT2D eigenvalue weighted by atomic mass is 10.1. The zero-order valence-electron chi connectivity index (χ0n) is 34.4. The fourth-order valence-corrected chi connectivity index (χ4v) is 10.8. The van der Waals surface area contributed by atoms with Crippen LogP contribution in [0.25, 0.3) is 53.9 Å². The van der Waals surface area contributed by atoms with E-state index in [0.29, 0.717) is 0 Å². The van der Waals surface area contributed by atoms with Gasteiger partial charge in [0.05, 0.1) is 11.4 Å². The van der Waals surface area contributed by atoms with Crippen molar-refractivity contribution in [3.63, 3.8) is 0 Å². The first kappa shape index (κ1) is 38.2. The van der Waals surface area contributed by atoms with Crippen molar-refractivity contribution < 1.29 is 0 Å². The van der Waals surface area contributed by atoms with E-state index < -0.39 is 0 Å². The highest BCUT2D eigenvalue weighted by Crippen LogP contribution is 2.48. The summed E-state index contributed by atoms with van der Waals surface area (Å²) in [6, 6.07) is 76.8. The Hall–Kier alpha value is -7.70. The molecule has 11 aromatic rings. The lowest BCUT2D eigenvalue weighted by Gasteiger charge is -2.25. The quantitative estimate of drug-likeness (QED) is 0.128. The Morgan fingerprint density at radius 3 is 1.17 bits per heavy atom. The van der Waals surface area contributed by atoms with Crippen LogP contribution >= 0.6 is 22.7 Å². The van der Waals surface area contributed by atoms with E-state index >= 15 is 0 Å². The minimum atomic E-state index is 1.09. The number of hydrogen-bond donors (Lipinski definition) is 0. The molecule has 0 radical (unpaired) electrons. The van der Waals surface area contributed by atoms with Gasteiger partial charge in [-0.3, -0.25) is 0 Å². The molecule has 0 fully saturated rings. The molecule has 5 heteroatoms. The molecule has 0 bridgehead atoms. The van der Waals surface area contributed by atoms with Crippen molar-refractivity contribution in [1.82, 2.24) is 0 Å². The molecule has 9 aromatic carbocycles. The molecule has 0 atom stereocenters. The van der Waals surface area contributed by atoms with Gasteiger partial charge in [-0.25, -0.2) is 0 Å². The largest absolute Gasteiger partial charge is 0.310 e. The van der Waals surface area contributed by atoms with E-state index in [1.54, 1.807) is 0 Å². The average molecular weight is 844 g/mol. The van der Waals surface area contributed by atoms with Crippen molar-refractivity contribution in [3.05, 3.63) is 237 Å². The average Bonchev–Trinajstić information content (AvgIpc) is 3.96. The number of benzene rings is 9. The monoisotopic (exact) mass is 843 g/mol. The first-order chi connectivity index (χ1) is 31.1. The predicted molar refractivity (Wildman–Crippen MR) is 276 cm³/mol. The number of rotatable bonds is 11. The molecule has 0 aliphatic carbocycles. The van der Waals surface area contributed by atoms with Crippen LogP contribution in [0.5, 0.6) is 0 Å². The second-order valence-electron chi connectivity index (χ2n) is 15.5. The molecule has 0 saturated heterocycles. The maximum Gasteiger partial charge on any atom is 0.101 e.